The molecule has 2 aliphatic carbocycles. The van der Waals surface area contributed by atoms with E-state index in [1.54, 1.807) is 6.07 Å². The number of carboxylic acids is 1. The van der Waals surface area contributed by atoms with Gasteiger partial charge in [0.05, 0.1) is 10.5 Å². The molecule has 0 saturated heterocycles. The van der Waals surface area contributed by atoms with Gasteiger partial charge in [0.2, 0.25) is 0 Å². The van der Waals surface area contributed by atoms with E-state index in [-0.39, 0.29) is 11.3 Å². The predicted octanol–water partition coefficient (Wildman–Crippen LogP) is 2.67. The van der Waals surface area contributed by atoms with E-state index in [1.165, 1.54) is 25.0 Å². The van der Waals surface area contributed by atoms with Crippen molar-refractivity contribution in [2.24, 2.45) is 5.92 Å². The van der Waals surface area contributed by atoms with Crippen molar-refractivity contribution in [2.45, 2.75) is 31.7 Å². The number of nitro groups is 1. The van der Waals surface area contributed by atoms with Crippen LogP contribution in [-0.4, -0.2) is 28.6 Å². The minimum atomic E-state index is -1.14. The van der Waals surface area contributed by atoms with Crippen LogP contribution in [0, 0.1) is 16.0 Å². The molecule has 0 heterocycles. The zero-order valence-electron chi connectivity index (χ0n) is 11.0. The molecule has 0 aliphatic heterocycles. The Kier molecular flexibility index (Phi) is 3.08. The molecule has 6 heteroatoms. The van der Waals surface area contributed by atoms with Crippen molar-refractivity contribution >= 4 is 17.3 Å². The van der Waals surface area contributed by atoms with Gasteiger partial charge < -0.3 is 10.0 Å². The highest BCUT2D eigenvalue weighted by Gasteiger charge is 2.36. The maximum Gasteiger partial charge on any atom is 0.335 e. The molecule has 6 nitrogen and oxygen atoms in total. The fourth-order valence-electron chi connectivity index (χ4n) is 2.45. The van der Waals surface area contributed by atoms with Gasteiger partial charge in [-0.05, 0) is 43.7 Å². The van der Waals surface area contributed by atoms with Crippen LogP contribution in [0.1, 0.15) is 36.0 Å². The number of benzene rings is 1. The lowest BCUT2D eigenvalue weighted by Crippen LogP contribution is -2.28. The first-order valence-electron chi connectivity index (χ1n) is 6.84. The van der Waals surface area contributed by atoms with Gasteiger partial charge in [-0.15, -0.1) is 0 Å². The molecule has 106 valence electrons. The molecule has 20 heavy (non-hydrogen) atoms. The Bertz CT molecular complexity index is 564. The molecule has 0 radical (unpaired) electrons. The predicted molar refractivity (Wildman–Crippen MR) is 73.1 cm³/mol. The first kappa shape index (κ1) is 12.9. The van der Waals surface area contributed by atoms with E-state index >= 15 is 0 Å². The van der Waals surface area contributed by atoms with E-state index in [0.717, 1.165) is 19.4 Å². The molecule has 1 aromatic rings. The van der Waals surface area contributed by atoms with Crippen LogP contribution in [0.4, 0.5) is 11.4 Å². The van der Waals surface area contributed by atoms with E-state index in [0.29, 0.717) is 17.6 Å². The summed E-state index contributed by atoms with van der Waals surface area (Å²) in [5, 5.41) is 20.2. The molecule has 0 unspecified atom stereocenters. The van der Waals surface area contributed by atoms with Crippen molar-refractivity contribution in [3.63, 3.8) is 0 Å². The summed E-state index contributed by atoms with van der Waals surface area (Å²) in [5.74, 6) is -0.505. The van der Waals surface area contributed by atoms with Gasteiger partial charge in [-0.25, -0.2) is 4.79 Å². The van der Waals surface area contributed by atoms with E-state index in [2.05, 4.69) is 4.90 Å². The number of aromatic carboxylic acids is 1. The van der Waals surface area contributed by atoms with Crippen LogP contribution in [0.3, 0.4) is 0 Å². The Morgan fingerprint density at radius 2 is 2.05 bits per heavy atom. The van der Waals surface area contributed by atoms with Crippen LogP contribution < -0.4 is 4.90 Å². The molecule has 2 saturated carbocycles. The first-order chi connectivity index (χ1) is 9.56. The molecule has 1 aromatic carbocycles. The van der Waals surface area contributed by atoms with Gasteiger partial charge in [0.25, 0.3) is 5.69 Å². The number of hydrogen-bond acceptors (Lipinski definition) is 4. The summed E-state index contributed by atoms with van der Waals surface area (Å²) in [5.41, 5.74) is 0.425. The molecule has 0 atom stereocenters. The highest BCUT2D eigenvalue weighted by molar-refractivity contribution is 5.90. The van der Waals surface area contributed by atoms with Crippen molar-refractivity contribution < 1.29 is 14.8 Å². The molecular weight excluding hydrogens is 260 g/mol. The van der Waals surface area contributed by atoms with Gasteiger partial charge in [0.1, 0.15) is 5.69 Å². The third-order valence-corrected chi connectivity index (χ3v) is 3.87. The normalized spacial score (nSPS) is 17.8. The molecule has 0 bridgehead atoms. The number of nitro benzene ring substituents is 1. The number of carboxylic acid groups (broad SMARTS) is 1. The molecule has 2 fully saturated rings. The number of carbonyl (C=O) groups is 1. The van der Waals surface area contributed by atoms with Gasteiger partial charge in [0.15, 0.2) is 0 Å². The van der Waals surface area contributed by atoms with Crippen molar-refractivity contribution in [1.29, 1.82) is 0 Å². The lowest BCUT2D eigenvalue weighted by molar-refractivity contribution is -0.384. The molecule has 0 spiro atoms. The van der Waals surface area contributed by atoms with E-state index in [1.807, 2.05) is 0 Å². The van der Waals surface area contributed by atoms with E-state index < -0.39 is 10.9 Å². The minimum Gasteiger partial charge on any atom is -0.478 e. The summed E-state index contributed by atoms with van der Waals surface area (Å²) in [6.45, 7) is 0.845. The van der Waals surface area contributed by atoms with Crippen molar-refractivity contribution in [2.75, 3.05) is 11.4 Å². The maximum atomic E-state index is 11.2. The van der Waals surface area contributed by atoms with E-state index in [4.69, 9.17) is 5.11 Å². The van der Waals surface area contributed by atoms with Crippen molar-refractivity contribution in [3.05, 3.63) is 33.9 Å². The monoisotopic (exact) mass is 276 g/mol. The van der Waals surface area contributed by atoms with Crippen LogP contribution in [-0.2, 0) is 0 Å². The second kappa shape index (κ2) is 4.77. The molecular formula is C14H16N2O4. The summed E-state index contributed by atoms with van der Waals surface area (Å²) >= 11 is 0. The van der Waals surface area contributed by atoms with Crippen LogP contribution in [0.5, 0.6) is 0 Å². The zero-order chi connectivity index (χ0) is 14.3. The van der Waals surface area contributed by atoms with Crippen LogP contribution >= 0.6 is 0 Å². The third-order valence-electron chi connectivity index (χ3n) is 3.87. The highest BCUT2D eigenvalue weighted by atomic mass is 16.6. The Morgan fingerprint density at radius 3 is 2.55 bits per heavy atom. The van der Waals surface area contributed by atoms with Gasteiger partial charge in [0, 0.05) is 18.7 Å². The topological polar surface area (TPSA) is 83.7 Å². The van der Waals surface area contributed by atoms with Gasteiger partial charge in [-0.3, -0.25) is 10.1 Å². The number of hydrogen-bond donors (Lipinski definition) is 1. The van der Waals surface area contributed by atoms with Crippen LogP contribution in [0.15, 0.2) is 18.2 Å². The Morgan fingerprint density at radius 1 is 1.35 bits per heavy atom. The fraction of sp³-hybridized carbons (Fsp3) is 0.500. The molecule has 1 N–H and O–H groups in total. The molecule has 2 aliphatic rings. The summed E-state index contributed by atoms with van der Waals surface area (Å²) in [6.07, 6.45) is 4.49. The largest absolute Gasteiger partial charge is 0.478 e. The number of rotatable bonds is 6. The van der Waals surface area contributed by atoms with Crippen LogP contribution in [0.25, 0.3) is 0 Å². The minimum absolute atomic E-state index is 0.0392. The third kappa shape index (κ3) is 2.59. The molecule has 0 aromatic heterocycles. The fourth-order valence-corrected chi connectivity index (χ4v) is 2.45. The quantitative estimate of drug-likeness (QED) is 0.638. The SMILES string of the molecule is O=C(O)c1ccc(N(CC2CC2)C2CC2)c([N+](=O)[O-])c1. The second-order valence-electron chi connectivity index (χ2n) is 5.59. The second-order valence-corrected chi connectivity index (χ2v) is 5.59. The molecule has 0 amide bonds. The lowest BCUT2D eigenvalue weighted by Gasteiger charge is -2.24. The Balaban J connectivity index is 1.96. The van der Waals surface area contributed by atoms with E-state index in [9.17, 15) is 14.9 Å². The van der Waals surface area contributed by atoms with Crippen LogP contribution in [0.2, 0.25) is 0 Å². The average Bonchev–Trinajstić information content (AvgIpc) is 3.26. The van der Waals surface area contributed by atoms with Crippen molar-refractivity contribution in [3.8, 4) is 0 Å². The number of anilines is 1. The lowest BCUT2D eigenvalue weighted by atomic mass is 10.1. The number of nitrogens with zero attached hydrogens (tertiary/aromatic N) is 2. The standard InChI is InChI=1S/C14H16N2O4/c17-14(18)10-3-6-12(13(7-10)16(19)20)15(11-4-5-11)8-9-1-2-9/h3,6-7,9,11H,1-2,4-5,8H2,(H,17,18). The average molecular weight is 276 g/mol. The Labute approximate surface area is 116 Å². The zero-order valence-corrected chi connectivity index (χ0v) is 11.0. The van der Waals surface area contributed by atoms with Crippen molar-refractivity contribution in [1.82, 2.24) is 0 Å². The maximum absolute atomic E-state index is 11.2. The summed E-state index contributed by atoms with van der Waals surface area (Å²) in [4.78, 5) is 23.8. The summed E-state index contributed by atoms with van der Waals surface area (Å²) in [7, 11) is 0. The summed E-state index contributed by atoms with van der Waals surface area (Å²) in [6, 6.07) is 4.58. The van der Waals surface area contributed by atoms with Gasteiger partial charge in [-0.1, -0.05) is 0 Å². The first-order valence-corrected chi connectivity index (χ1v) is 6.84. The smallest absolute Gasteiger partial charge is 0.335 e. The Hall–Kier alpha value is -2.11. The summed E-state index contributed by atoms with van der Waals surface area (Å²) < 4.78 is 0. The van der Waals surface area contributed by atoms with Gasteiger partial charge >= 0.3 is 5.97 Å². The highest BCUT2D eigenvalue weighted by Crippen LogP contribution is 2.41. The van der Waals surface area contributed by atoms with Gasteiger partial charge in [-0.2, -0.15) is 0 Å². The molecule has 3 rings (SSSR count).